The van der Waals surface area contributed by atoms with E-state index in [0.29, 0.717) is 0 Å². The molecule has 0 fully saturated rings. The number of nitrogens with one attached hydrogen (secondary N) is 1. The van der Waals surface area contributed by atoms with E-state index in [4.69, 9.17) is 16.6 Å². The molecule has 0 bridgehead atoms. The summed E-state index contributed by atoms with van der Waals surface area (Å²) in [6.07, 6.45) is 0. The molecule has 0 radical (unpaired) electrons. The monoisotopic (exact) mass is 492 g/mol. The molecular formula is C16H34Cl2N6OS3. The zero-order chi connectivity index (χ0) is 19.6. The van der Waals surface area contributed by atoms with E-state index in [1.54, 1.807) is 11.3 Å². The van der Waals surface area contributed by atoms with E-state index < -0.39 is 4.99 Å². The number of nitrogens with two attached hydrogens (primary N) is 2. The van der Waals surface area contributed by atoms with Crippen molar-refractivity contribution in [3.63, 3.8) is 0 Å². The van der Waals surface area contributed by atoms with Crippen LogP contribution in [0.5, 0.6) is 0 Å². The van der Waals surface area contributed by atoms with Crippen LogP contribution in [0, 0.1) is 0 Å². The van der Waals surface area contributed by atoms with Gasteiger partial charge in [0.25, 0.3) is 0 Å². The number of hydrogen-bond acceptors (Lipinski definition) is 10. The molecule has 28 heavy (non-hydrogen) atoms. The molecule has 0 saturated heterocycles. The Kier molecular flexibility index (Phi) is 17.4. The van der Waals surface area contributed by atoms with Crippen LogP contribution in [-0.2, 0) is 12.3 Å². The topological polar surface area (TPSA) is 104 Å². The summed E-state index contributed by atoms with van der Waals surface area (Å²) >= 11 is 5.09. The lowest BCUT2D eigenvalue weighted by Gasteiger charge is -2.28. The fourth-order valence-electron chi connectivity index (χ4n) is 2.15. The first-order chi connectivity index (χ1) is 12.3. The van der Waals surface area contributed by atoms with Gasteiger partial charge in [0.05, 0.1) is 12.3 Å². The molecule has 2 heterocycles. The summed E-state index contributed by atoms with van der Waals surface area (Å²) in [5, 5.41) is 17.1. The maximum Gasteiger partial charge on any atom is 0.151 e. The summed E-state index contributed by atoms with van der Waals surface area (Å²) in [7, 11) is 8.05. The SMILES string of the molecule is CN(C)CC1(N)NC(CO)=CS1.CN(C)Cc1nc(CSCCN)cs1.Cl.Cl. The van der Waals surface area contributed by atoms with Gasteiger partial charge in [-0.3, -0.25) is 5.73 Å². The maximum absolute atomic E-state index is 8.82. The molecule has 1 unspecified atom stereocenters. The third-order valence-corrected chi connectivity index (χ3v) is 6.03. The molecule has 0 aromatic carbocycles. The normalized spacial score (nSPS) is 18.0. The Morgan fingerprint density at radius 2 is 1.93 bits per heavy atom. The minimum atomic E-state index is -0.471. The molecule has 6 N–H and O–H groups in total. The van der Waals surface area contributed by atoms with E-state index in [2.05, 4.69) is 34.7 Å². The summed E-state index contributed by atoms with van der Waals surface area (Å²) in [5.41, 5.74) is 13.4. The van der Waals surface area contributed by atoms with E-state index in [1.807, 2.05) is 36.2 Å². The van der Waals surface area contributed by atoms with Crippen molar-refractivity contribution in [2.24, 2.45) is 11.5 Å². The lowest BCUT2D eigenvalue weighted by molar-refractivity contribution is 0.296. The zero-order valence-corrected chi connectivity index (χ0v) is 21.0. The summed E-state index contributed by atoms with van der Waals surface area (Å²) in [6, 6.07) is 0. The van der Waals surface area contributed by atoms with Crippen molar-refractivity contribution < 1.29 is 5.11 Å². The van der Waals surface area contributed by atoms with Gasteiger partial charge < -0.3 is 26.0 Å². The highest BCUT2D eigenvalue weighted by Crippen LogP contribution is 2.27. The number of thioether (sulfide) groups is 2. The Morgan fingerprint density at radius 3 is 2.43 bits per heavy atom. The van der Waals surface area contributed by atoms with Crippen molar-refractivity contribution in [1.82, 2.24) is 20.1 Å². The molecular weight excluding hydrogens is 459 g/mol. The van der Waals surface area contributed by atoms with Crippen LogP contribution in [0.1, 0.15) is 10.7 Å². The van der Waals surface area contributed by atoms with Crippen molar-refractivity contribution in [2.75, 3.05) is 53.6 Å². The first-order valence-electron chi connectivity index (χ1n) is 8.33. The molecule has 2 rings (SSSR count). The average Bonchev–Trinajstić information content (AvgIpc) is 3.13. The van der Waals surface area contributed by atoms with E-state index in [-0.39, 0.29) is 31.4 Å². The van der Waals surface area contributed by atoms with E-state index >= 15 is 0 Å². The van der Waals surface area contributed by atoms with E-state index in [1.165, 1.54) is 22.5 Å². The third-order valence-electron chi connectivity index (χ3n) is 3.07. The fraction of sp³-hybridized carbons (Fsp3) is 0.688. The Hall–Kier alpha value is 0.250. The van der Waals surface area contributed by atoms with Gasteiger partial charge in [0.2, 0.25) is 0 Å². The number of halogens is 2. The quantitative estimate of drug-likeness (QED) is 0.382. The Bertz CT molecular complexity index is 562. The summed E-state index contributed by atoms with van der Waals surface area (Å²) in [4.78, 5) is 8.21. The standard InChI is InChI=1S/C9H17N3S2.C7H15N3OS.2ClH/c1-12(2)5-9-11-8(7-14-9)6-13-4-3-10;1-10(2)5-7(8)9-6(3-11)4-12-7;;/h7H,3-6,10H2,1-2H3;4,9,11H,3,5,8H2,1-2H3;2*1H. The highest BCUT2D eigenvalue weighted by Gasteiger charge is 2.30. The lowest BCUT2D eigenvalue weighted by atomic mass is 10.4. The highest BCUT2D eigenvalue weighted by molar-refractivity contribution is 8.03. The predicted molar refractivity (Wildman–Crippen MR) is 131 cm³/mol. The van der Waals surface area contributed by atoms with Crippen LogP contribution in [0.4, 0.5) is 0 Å². The summed E-state index contributed by atoms with van der Waals surface area (Å²) in [6.45, 7) is 2.45. The van der Waals surface area contributed by atoms with Gasteiger partial charge in [-0.25, -0.2) is 4.98 Å². The number of nitrogens with zero attached hydrogens (tertiary/aromatic N) is 3. The number of likely N-dealkylation sites (N-methyl/N-ethyl adjacent to an activating group) is 1. The van der Waals surface area contributed by atoms with Gasteiger partial charge in [-0.1, -0.05) is 11.8 Å². The molecule has 7 nitrogen and oxygen atoms in total. The van der Waals surface area contributed by atoms with Crippen molar-refractivity contribution in [3.8, 4) is 0 Å². The smallest absolute Gasteiger partial charge is 0.151 e. The first kappa shape index (κ1) is 30.4. The molecule has 0 aliphatic carbocycles. The molecule has 1 atom stereocenters. The van der Waals surface area contributed by atoms with E-state index in [0.717, 1.165) is 36.8 Å². The molecule has 1 aromatic rings. The largest absolute Gasteiger partial charge is 0.390 e. The van der Waals surface area contributed by atoms with Crippen LogP contribution in [-0.4, -0.2) is 78.5 Å². The van der Waals surface area contributed by atoms with Crippen molar-refractivity contribution in [3.05, 3.63) is 27.2 Å². The van der Waals surface area contributed by atoms with Gasteiger partial charge in [0, 0.05) is 42.2 Å². The van der Waals surface area contributed by atoms with Crippen molar-refractivity contribution in [1.29, 1.82) is 0 Å². The number of aliphatic hydroxyl groups excluding tert-OH is 1. The van der Waals surface area contributed by atoms with Gasteiger partial charge in [-0.2, -0.15) is 11.8 Å². The van der Waals surface area contributed by atoms with Gasteiger partial charge in [0.15, 0.2) is 4.99 Å². The first-order valence-corrected chi connectivity index (χ1v) is 11.2. The number of aliphatic hydroxyl groups is 1. The third kappa shape index (κ3) is 12.7. The molecule has 166 valence electrons. The maximum atomic E-state index is 8.82. The van der Waals surface area contributed by atoms with Crippen LogP contribution in [0.25, 0.3) is 0 Å². The average molecular weight is 494 g/mol. The summed E-state index contributed by atoms with van der Waals surface area (Å²) < 4.78 is 0. The Labute approximate surface area is 193 Å². The number of rotatable bonds is 9. The lowest BCUT2D eigenvalue weighted by Crippen LogP contribution is -2.54. The van der Waals surface area contributed by atoms with Gasteiger partial charge >= 0.3 is 0 Å². The second-order valence-corrected chi connectivity index (χ2v) is 9.73. The molecule has 1 aromatic heterocycles. The van der Waals surface area contributed by atoms with Crippen molar-refractivity contribution in [2.45, 2.75) is 17.3 Å². The highest BCUT2D eigenvalue weighted by atomic mass is 35.5. The van der Waals surface area contributed by atoms with Crippen molar-refractivity contribution >= 4 is 59.7 Å². The zero-order valence-electron chi connectivity index (χ0n) is 16.9. The minimum absolute atomic E-state index is 0. The number of hydrogen-bond donors (Lipinski definition) is 4. The number of thiazole rings is 1. The fourth-order valence-corrected chi connectivity index (χ4v) is 4.84. The minimum Gasteiger partial charge on any atom is -0.390 e. The molecule has 0 spiro atoms. The van der Waals surface area contributed by atoms with E-state index in [9.17, 15) is 0 Å². The molecule has 0 amide bonds. The van der Waals surface area contributed by atoms with Crippen LogP contribution in [0.2, 0.25) is 0 Å². The Morgan fingerprint density at radius 1 is 1.25 bits per heavy atom. The second kappa shape index (κ2) is 16.0. The van der Waals surface area contributed by atoms with Crippen LogP contribution in [0.3, 0.4) is 0 Å². The van der Waals surface area contributed by atoms with Crippen LogP contribution < -0.4 is 16.8 Å². The second-order valence-electron chi connectivity index (χ2n) is 6.48. The molecule has 12 heteroatoms. The van der Waals surface area contributed by atoms with Crippen LogP contribution in [0.15, 0.2) is 16.5 Å². The molecule has 1 aliphatic heterocycles. The number of aromatic nitrogens is 1. The van der Waals surface area contributed by atoms with Gasteiger partial charge in [0.1, 0.15) is 5.01 Å². The van der Waals surface area contributed by atoms with Crippen LogP contribution >= 0.6 is 59.7 Å². The predicted octanol–water partition coefficient (Wildman–Crippen LogP) is 1.57. The molecule has 0 saturated carbocycles. The molecule has 1 aliphatic rings. The Balaban J connectivity index is 0. The summed E-state index contributed by atoms with van der Waals surface area (Å²) in [5.74, 6) is 2.00. The van der Waals surface area contributed by atoms with Gasteiger partial charge in [-0.15, -0.1) is 36.2 Å². The van der Waals surface area contributed by atoms with Gasteiger partial charge in [-0.05, 0) is 33.6 Å².